The van der Waals surface area contributed by atoms with E-state index in [9.17, 15) is 15.0 Å². The number of carboxylic acid groups (broad SMARTS) is 1. The monoisotopic (exact) mass is 318 g/mol. The molecule has 1 spiro atoms. The molecule has 3 fully saturated rings. The molecule has 128 valence electrons. The molecule has 23 heavy (non-hydrogen) atoms. The zero-order valence-corrected chi connectivity index (χ0v) is 14.7. The fraction of sp³-hybridized carbons (Fsp3) is 0.850. The number of allylic oxidation sites excluding steroid dienone is 1. The number of carboxylic acids is 1. The first-order valence-electron chi connectivity index (χ1n) is 9.36. The molecule has 0 aliphatic heterocycles. The Morgan fingerprint density at radius 2 is 1.83 bits per heavy atom. The van der Waals surface area contributed by atoms with Crippen LogP contribution >= 0.6 is 0 Å². The van der Waals surface area contributed by atoms with Crippen LogP contribution in [0.4, 0.5) is 0 Å². The Morgan fingerprint density at radius 1 is 1.09 bits per heavy atom. The van der Waals surface area contributed by atoms with Crippen molar-refractivity contribution in [3.63, 3.8) is 0 Å². The van der Waals surface area contributed by atoms with Gasteiger partial charge >= 0.3 is 5.97 Å². The normalized spacial score (nSPS) is 47.9. The summed E-state index contributed by atoms with van der Waals surface area (Å²) < 4.78 is 0. The number of hydrogen-bond acceptors (Lipinski definition) is 2. The second kappa shape index (κ2) is 4.62. The van der Waals surface area contributed by atoms with E-state index in [2.05, 4.69) is 20.8 Å². The SMILES string of the molecule is CC1(C)CCC[C@]2(C)[C@@H]1CC[C@]13CC(=C(C(=O)O)[C@@H]1O)CC[C@@H]23. The third kappa shape index (κ3) is 1.83. The lowest BCUT2D eigenvalue weighted by atomic mass is 9.41. The van der Waals surface area contributed by atoms with Crippen LogP contribution in [0.3, 0.4) is 0 Å². The first kappa shape index (κ1) is 15.7. The van der Waals surface area contributed by atoms with Gasteiger partial charge in [-0.15, -0.1) is 0 Å². The van der Waals surface area contributed by atoms with Crippen LogP contribution in [0.5, 0.6) is 0 Å². The summed E-state index contributed by atoms with van der Waals surface area (Å²) in [5.74, 6) is 0.298. The highest BCUT2D eigenvalue weighted by Gasteiger charge is 2.65. The van der Waals surface area contributed by atoms with Crippen LogP contribution in [-0.4, -0.2) is 22.3 Å². The standard InChI is InChI=1S/C20H30O3/c1-18(2)8-4-9-19(3)13(18)7-10-20-11-12(5-6-14(19)20)15(16(20)21)17(22)23/h13-14,16,21H,4-11H2,1-3H3,(H,22,23)/t13-,14+,16+,19-,20-/m1/s1. The molecule has 0 amide bonds. The van der Waals surface area contributed by atoms with E-state index in [1.54, 1.807) is 0 Å². The molecule has 3 nitrogen and oxygen atoms in total. The van der Waals surface area contributed by atoms with E-state index in [0.717, 1.165) is 37.7 Å². The summed E-state index contributed by atoms with van der Waals surface area (Å²) in [5, 5.41) is 20.6. The molecule has 3 heteroatoms. The Hall–Kier alpha value is -0.830. The minimum absolute atomic E-state index is 0.181. The molecule has 0 heterocycles. The highest BCUT2D eigenvalue weighted by atomic mass is 16.4. The van der Waals surface area contributed by atoms with E-state index in [1.165, 1.54) is 19.3 Å². The summed E-state index contributed by atoms with van der Waals surface area (Å²) >= 11 is 0. The fourth-order valence-electron chi connectivity index (χ4n) is 7.58. The molecule has 2 N–H and O–H groups in total. The number of aliphatic carboxylic acids is 1. The quantitative estimate of drug-likeness (QED) is 0.763. The number of fused-ring (bicyclic) bond motifs is 3. The lowest BCUT2D eigenvalue weighted by molar-refractivity contribution is -0.166. The molecule has 0 aromatic rings. The summed E-state index contributed by atoms with van der Waals surface area (Å²) in [6, 6.07) is 0. The largest absolute Gasteiger partial charge is 0.478 e. The van der Waals surface area contributed by atoms with Crippen LogP contribution in [0.1, 0.15) is 72.1 Å². The number of aliphatic hydroxyl groups excluding tert-OH is 1. The van der Waals surface area contributed by atoms with E-state index in [4.69, 9.17) is 0 Å². The van der Waals surface area contributed by atoms with Gasteiger partial charge in [0.25, 0.3) is 0 Å². The maximum absolute atomic E-state index is 11.7. The predicted molar refractivity (Wildman–Crippen MR) is 88.9 cm³/mol. The van der Waals surface area contributed by atoms with E-state index < -0.39 is 12.1 Å². The molecular formula is C20H30O3. The van der Waals surface area contributed by atoms with Crippen LogP contribution in [0.2, 0.25) is 0 Å². The van der Waals surface area contributed by atoms with Crippen molar-refractivity contribution >= 4 is 5.97 Å². The zero-order valence-electron chi connectivity index (χ0n) is 14.7. The van der Waals surface area contributed by atoms with Crippen molar-refractivity contribution in [1.82, 2.24) is 0 Å². The molecule has 5 atom stereocenters. The molecule has 0 aromatic heterocycles. The van der Waals surface area contributed by atoms with Crippen LogP contribution in [0, 0.1) is 28.1 Å². The van der Waals surface area contributed by atoms with Gasteiger partial charge in [-0.2, -0.15) is 0 Å². The summed E-state index contributed by atoms with van der Waals surface area (Å²) in [6.07, 6.45) is 8.03. The average Bonchev–Trinajstić information content (AvgIpc) is 2.64. The average molecular weight is 318 g/mol. The molecule has 0 unspecified atom stereocenters. The van der Waals surface area contributed by atoms with Gasteiger partial charge in [-0.05, 0) is 67.6 Å². The first-order valence-corrected chi connectivity index (χ1v) is 9.36. The molecule has 4 rings (SSSR count). The van der Waals surface area contributed by atoms with Crippen molar-refractivity contribution in [3.8, 4) is 0 Å². The Kier molecular flexibility index (Phi) is 3.15. The van der Waals surface area contributed by atoms with Crippen molar-refractivity contribution < 1.29 is 15.0 Å². The van der Waals surface area contributed by atoms with E-state index in [1.807, 2.05) is 0 Å². The molecule has 0 aromatic carbocycles. The molecule has 0 saturated heterocycles. The van der Waals surface area contributed by atoms with Crippen LogP contribution < -0.4 is 0 Å². The predicted octanol–water partition coefficient (Wildman–Crippen LogP) is 4.16. The second-order valence-electron chi connectivity index (χ2n) is 9.67. The van der Waals surface area contributed by atoms with Gasteiger partial charge in [0.05, 0.1) is 11.7 Å². The van der Waals surface area contributed by atoms with Crippen LogP contribution in [0.15, 0.2) is 11.1 Å². The van der Waals surface area contributed by atoms with Crippen molar-refractivity contribution in [2.24, 2.45) is 28.1 Å². The highest BCUT2D eigenvalue weighted by Crippen LogP contribution is 2.71. The first-order chi connectivity index (χ1) is 10.7. The van der Waals surface area contributed by atoms with Crippen LogP contribution in [0.25, 0.3) is 0 Å². The molecule has 3 saturated carbocycles. The molecule has 4 aliphatic carbocycles. The zero-order chi connectivity index (χ0) is 16.6. The maximum Gasteiger partial charge on any atom is 0.334 e. The molecule has 2 bridgehead atoms. The Bertz CT molecular complexity index is 590. The van der Waals surface area contributed by atoms with Gasteiger partial charge in [0.2, 0.25) is 0 Å². The van der Waals surface area contributed by atoms with Gasteiger partial charge in [0.15, 0.2) is 0 Å². The maximum atomic E-state index is 11.7. The lowest BCUT2D eigenvalue weighted by Crippen LogP contribution is -2.58. The highest BCUT2D eigenvalue weighted by molar-refractivity contribution is 5.90. The summed E-state index contributed by atoms with van der Waals surface area (Å²) in [4.78, 5) is 11.7. The van der Waals surface area contributed by atoms with Gasteiger partial charge in [0.1, 0.15) is 0 Å². The van der Waals surface area contributed by atoms with Gasteiger partial charge in [0, 0.05) is 5.41 Å². The second-order valence-corrected chi connectivity index (χ2v) is 9.67. The number of aliphatic hydroxyl groups is 1. The number of carbonyl (C=O) groups is 1. The fourth-order valence-corrected chi connectivity index (χ4v) is 7.58. The topological polar surface area (TPSA) is 57.5 Å². The number of hydrogen-bond donors (Lipinski definition) is 2. The minimum Gasteiger partial charge on any atom is -0.478 e. The van der Waals surface area contributed by atoms with Crippen molar-refractivity contribution in [2.75, 3.05) is 0 Å². The summed E-state index contributed by atoms with van der Waals surface area (Å²) in [5.41, 5.74) is 1.85. The minimum atomic E-state index is -0.888. The van der Waals surface area contributed by atoms with Crippen molar-refractivity contribution in [1.29, 1.82) is 0 Å². The van der Waals surface area contributed by atoms with Gasteiger partial charge in [-0.1, -0.05) is 32.8 Å². The van der Waals surface area contributed by atoms with Crippen LogP contribution in [-0.2, 0) is 4.79 Å². The number of rotatable bonds is 1. The summed E-state index contributed by atoms with van der Waals surface area (Å²) in [6.45, 7) is 7.31. The Labute approximate surface area is 139 Å². The van der Waals surface area contributed by atoms with Crippen molar-refractivity contribution in [3.05, 3.63) is 11.1 Å². The van der Waals surface area contributed by atoms with E-state index in [0.29, 0.717) is 22.8 Å². The third-order valence-corrected chi connectivity index (χ3v) is 8.37. The Balaban J connectivity index is 1.76. The smallest absolute Gasteiger partial charge is 0.334 e. The van der Waals surface area contributed by atoms with Gasteiger partial charge in [-0.3, -0.25) is 0 Å². The molecule has 4 aliphatic rings. The van der Waals surface area contributed by atoms with Crippen molar-refractivity contribution in [2.45, 2.75) is 78.2 Å². The Morgan fingerprint density at radius 3 is 2.52 bits per heavy atom. The van der Waals surface area contributed by atoms with Gasteiger partial charge in [-0.25, -0.2) is 4.79 Å². The van der Waals surface area contributed by atoms with E-state index in [-0.39, 0.29) is 10.8 Å². The molecular weight excluding hydrogens is 288 g/mol. The lowest BCUT2D eigenvalue weighted by Gasteiger charge is -2.64. The summed E-state index contributed by atoms with van der Waals surface area (Å²) in [7, 11) is 0. The van der Waals surface area contributed by atoms with E-state index >= 15 is 0 Å². The third-order valence-electron chi connectivity index (χ3n) is 8.37. The van der Waals surface area contributed by atoms with Gasteiger partial charge < -0.3 is 10.2 Å². The molecule has 0 radical (unpaired) electrons.